The molecule has 2 aromatic rings. The number of benzene rings is 1. The number of hydrogen-bond donors (Lipinski definition) is 2. The highest BCUT2D eigenvalue weighted by molar-refractivity contribution is 5.85. The van der Waals surface area contributed by atoms with Crippen LogP contribution < -0.4 is 9.47 Å². The van der Waals surface area contributed by atoms with Crippen molar-refractivity contribution >= 4 is 5.90 Å². The zero-order chi connectivity index (χ0) is 15.7. The molecule has 1 aromatic heterocycles. The van der Waals surface area contributed by atoms with E-state index in [0.29, 0.717) is 11.6 Å². The van der Waals surface area contributed by atoms with E-state index in [9.17, 15) is 5.26 Å². The molecule has 2 unspecified atom stereocenters. The number of ether oxygens (including phenoxy) is 2. The molecule has 1 aromatic carbocycles. The van der Waals surface area contributed by atoms with Gasteiger partial charge in [0.05, 0.1) is 13.2 Å². The molecule has 6 heteroatoms. The van der Waals surface area contributed by atoms with Gasteiger partial charge < -0.3 is 9.47 Å². The number of nitrogens with zero attached hydrogens (tertiary/aromatic N) is 2. The molecule has 0 aliphatic carbocycles. The molecule has 1 aliphatic rings. The molecule has 0 radical (unpaired) electrons. The number of nitriles is 1. The van der Waals surface area contributed by atoms with Gasteiger partial charge in [0, 0.05) is 22.7 Å². The van der Waals surface area contributed by atoms with Crippen molar-refractivity contribution in [2.45, 2.75) is 19.3 Å². The van der Waals surface area contributed by atoms with E-state index in [1.54, 1.807) is 7.11 Å². The van der Waals surface area contributed by atoms with E-state index >= 15 is 0 Å². The van der Waals surface area contributed by atoms with Crippen LogP contribution in [-0.4, -0.2) is 23.2 Å². The van der Waals surface area contributed by atoms with Crippen LogP contribution in [0.15, 0.2) is 24.3 Å². The third-order valence-corrected chi connectivity index (χ3v) is 3.95. The maximum Gasteiger partial charge on any atom is 0.243 e. The first-order valence-corrected chi connectivity index (χ1v) is 7.07. The van der Waals surface area contributed by atoms with Gasteiger partial charge in [-0.2, -0.15) is 5.26 Å². The third kappa shape index (κ3) is 2.02. The minimum absolute atomic E-state index is 0.0833. The second-order valence-electron chi connectivity index (χ2n) is 5.07. The van der Waals surface area contributed by atoms with Crippen LogP contribution in [0.4, 0.5) is 0 Å². The fourth-order valence-electron chi connectivity index (χ4n) is 2.91. The van der Waals surface area contributed by atoms with Gasteiger partial charge in [0.1, 0.15) is 11.7 Å². The van der Waals surface area contributed by atoms with Crippen LogP contribution in [0.1, 0.15) is 29.7 Å². The van der Waals surface area contributed by atoms with Crippen molar-refractivity contribution in [1.29, 1.82) is 10.7 Å². The molecule has 112 valence electrons. The predicted octanol–water partition coefficient (Wildman–Crippen LogP) is 2.62. The average molecular weight is 296 g/mol. The van der Waals surface area contributed by atoms with Crippen LogP contribution >= 0.6 is 0 Å². The maximum atomic E-state index is 9.54. The van der Waals surface area contributed by atoms with E-state index in [0.717, 1.165) is 23.2 Å². The minimum Gasteiger partial charge on any atom is -0.496 e. The average Bonchev–Trinajstić information content (AvgIpc) is 2.95. The summed E-state index contributed by atoms with van der Waals surface area (Å²) < 4.78 is 10.9. The summed E-state index contributed by atoms with van der Waals surface area (Å²) in [6.07, 6.45) is 0.739. The molecule has 0 amide bonds. The lowest BCUT2D eigenvalue weighted by atomic mass is 9.79. The Kier molecular flexibility index (Phi) is 3.55. The van der Waals surface area contributed by atoms with Crippen molar-refractivity contribution in [3.05, 3.63) is 41.1 Å². The Morgan fingerprint density at radius 2 is 2.23 bits per heavy atom. The lowest BCUT2D eigenvalue weighted by Gasteiger charge is -2.29. The molecule has 2 heterocycles. The fraction of sp³-hybridized carbons (Fsp3) is 0.312. The summed E-state index contributed by atoms with van der Waals surface area (Å²) in [6, 6.07) is 9.74. The lowest BCUT2D eigenvalue weighted by Crippen LogP contribution is -2.31. The number of rotatable bonds is 3. The topological polar surface area (TPSA) is 94.8 Å². The zero-order valence-corrected chi connectivity index (χ0v) is 12.4. The molecule has 3 rings (SSSR count). The number of methoxy groups -OCH3 is 1. The first kappa shape index (κ1) is 14.1. The van der Waals surface area contributed by atoms with Gasteiger partial charge in [-0.05, 0) is 12.5 Å². The van der Waals surface area contributed by atoms with Crippen LogP contribution in [0.5, 0.6) is 11.6 Å². The number of hydrogen-bond acceptors (Lipinski definition) is 5. The van der Waals surface area contributed by atoms with Crippen LogP contribution in [-0.2, 0) is 6.42 Å². The second-order valence-corrected chi connectivity index (χ2v) is 5.07. The number of H-pyrrole nitrogens is 1. The van der Waals surface area contributed by atoms with Gasteiger partial charge in [0.15, 0.2) is 0 Å². The van der Waals surface area contributed by atoms with Gasteiger partial charge >= 0.3 is 0 Å². The van der Waals surface area contributed by atoms with E-state index < -0.39 is 5.92 Å². The van der Waals surface area contributed by atoms with Crippen LogP contribution in [0.3, 0.4) is 0 Å². The summed E-state index contributed by atoms with van der Waals surface area (Å²) in [5.74, 6) is -0.0428. The van der Waals surface area contributed by atoms with Gasteiger partial charge in [-0.1, -0.05) is 25.1 Å². The quantitative estimate of drug-likeness (QED) is 0.910. The Morgan fingerprint density at radius 3 is 2.91 bits per heavy atom. The highest BCUT2D eigenvalue weighted by Gasteiger charge is 2.41. The number of fused-ring (bicyclic) bond motifs is 1. The molecule has 0 saturated carbocycles. The summed E-state index contributed by atoms with van der Waals surface area (Å²) >= 11 is 0. The van der Waals surface area contributed by atoms with E-state index in [4.69, 9.17) is 14.9 Å². The second kappa shape index (κ2) is 5.53. The highest BCUT2D eigenvalue weighted by atomic mass is 16.5. The van der Waals surface area contributed by atoms with E-state index in [-0.39, 0.29) is 11.8 Å². The standard InChI is InChI=1S/C16H16N4O2/c1-3-11-14-13(9-6-4-5-7-12(9)21-2)10(8-17)15(18)22-16(14)20-19-11/h4-7,10,13,18H,3H2,1-2H3,(H,19,20). The number of para-hydroxylation sites is 1. The molecule has 0 fully saturated rings. The maximum absolute atomic E-state index is 9.54. The first-order chi connectivity index (χ1) is 10.7. The number of aryl methyl sites for hydroxylation is 1. The molecule has 0 saturated heterocycles. The number of aromatic amines is 1. The lowest BCUT2D eigenvalue weighted by molar-refractivity contribution is 0.396. The van der Waals surface area contributed by atoms with Gasteiger partial charge in [0.2, 0.25) is 11.8 Å². The molecule has 6 nitrogen and oxygen atoms in total. The summed E-state index contributed by atoms with van der Waals surface area (Å²) in [5.41, 5.74) is 2.62. The summed E-state index contributed by atoms with van der Waals surface area (Å²) in [6.45, 7) is 2.01. The van der Waals surface area contributed by atoms with Gasteiger partial charge in [0.25, 0.3) is 0 Å². The van der Waals surface area contributed by atoms with Gasteiger partial charge in [-0.3, -0.25) is 10.5 Å². The summed E-state index contributed by atoms with van der Waals surface area (Å²) in [4.78, 5) is 0. The Balaban J connectivity index is 2.25. The Morgan fingerprint density at radius 1 is 1.45 bits per heavy atom. The van der Waals surface area contributed by atoms with Crippen LogP contribution in [0.2, 0.25) is 0 Å². The van der Waals surface area contributed by atoms with E-state index in [1.807, 2.05) is 31.2 Å². The largest absolute Gasteiger partial charge is 0.496 e. The zero-order valence-electron chi connectivity index (χ0n) is 12.4. The molecule has 2 N–H and O–H groups in total. The van der Waals surface area contributed by atoms with Crippen molar-refractivity contribution in [3.8, 4) is 17.7 Å². The van der Waals surface area contributed by atoms with Crippen molar-refractivity contribution in [1.82, 2.24) is 10.2 Å². The molecule has 22 heavy (non-hydrogen) atoms. The van der Waals surface area contributed by atoms with Crippen molar-refractivity contribution in [3.63, 3.8) is 0 Å². The van der Waals surface area contributed by atoms with Crippen LogP contribution in [0.25, 0.3) is 0 Å². The number of nitrogens with one attached hydrogen (secondary N) is 2. The Bertz CT molecular complexity index is 760. The smallest absolute Gasteiger partial charge is 0.243 e. The molecule has 1 aliphatic heterocycles. The Labute approximate surface area is 128 Å². The van der Waals surface area contributed by atoms with Gasteiger partial charge in [-0.25, -0.2) is 0 Å². The summed E-state index contributed by atoms with van der Waals surface area (Å²) in [7, 11) is 1.60. The molecule has 0 bridgehead atoms. The van der Waals surface area contributed by atoms with Gasteiger partial charge in [-0.15, -0.1) is 5.10 Å². The monoisotopic (exact) mass is 296 g/mol. The summed E-state index contributed by atoms with van der Waals surface area (Å²) in [5, 5.41) is 24.6. The first-order valence-electron chi connectivity index (χ1n) is 7.07. The highest BCUT2D eigenvalue weighted by Crippen LogP contribution is 2.45. The molecular formula is C16H16N4O2. The van der Waals surface area contributed by atoms with E-state index in [2.05, 4.69) is 16.3 Å². The van der Waals surface area contributed by atoms with E-state index in [1.165, 1.54) is 0 Å². The molecular weight excluding hydrogens is 280 g/mol. The number of aromatic nitrogens is 2. The fourth-order valence-corrected chi connectivity index (χ4v) is 2.91. The predicted molar refractivity (Wildman–Crippen MR) is 80.3 cm³/mol. The van der Waals surface area contributed by atoms with Crippen molar-refractivity contribution in [2.24, 2.45) is 5.92 Å². The molecule has 0 spiro atoms. The van der Waals surface area contributed by atoms with Crippen LogP contribution in [0, 0.1) is 22.7 Å². The third-order valence-electron chi connectivity index (χ3n) is 3.95. The normalized spacial score (nSPS) is 20.0. The SMILES string of the molecule is CCc1[nH]nc2c1C(c1ccccc1OC)C(C#N)C(=N)O2. The van der Waals surface area contributed by atoms with Crippen molar-refractivity contribution in [2.75, 3.05) is 7.11 Å². The minimum atomic E-state index is -0.702. The molecule has 2 atom stereocenters. The van der Waals surface area contributed by atoms with Crippen molar-refractivity contribution < 1.29 is 9.47 Å². The Hall–Kier alpha value is -2.81.